The number of hydrogen-bond acceptors (Lipinski definition) is 1. The zero-order valence-corrected chi connectivity index (χ0v) is 10.7. The highest BCUT2D eigenvalue weighted by molar-refractivity contribution is 6.30. The van der Waals surface area contributed by atoms with E-state index in [1.807, 2.05) is 31.2 Å². The highest BCUT2D eigenvalue weighted by atomic mass is 35.5. The fourth-order valence-electron chi connectivity index (χ4n) is 1.40. The summed E-state index contributed by atoms with van der Waals surface area (Å²) in [5, 5.41) is 0.696. The molecule has 0 saturated carbocycles. The maximum atomic E-state index is 11.8. The predicted octanol–water partition coefficient (Wildman–Crippen LogP) is 2.84. The van der Waals surface area contributed by atoms with Crippen LogP contribution in [0.15, 0.2) is 24.3 Å². The molecule has 2 amide bonds. The summed E-state index contributed by atoms with van der Waals surface area (Å²) in [5.74, 6) is 0. The van der Waals surface area contributed by atoms with Crippen LogP contribution in [0.4, 0.5) is 4.79 Å². The molecule has 0 unspecified atom stereocenters. The monoisotopic (exact) mass is 240 g/mol. The minimum Gasteiger partial charge on any atom is -0.328 e. The Kier molecular flexibility index (Phi) is 4.62. The number of rotatable bonds is 3. The summed E-state index contributed by atoms with van der Waals surface area (Å²) in [6, 6.07) is 7.56. The third kappa shape index (κ3) is 3.42. The first-order valence-corrected chi connectivity index (χ1v) is 5.63. The quantitative estimate of drug-likeness (QED) is 0.797. The number of hydrogen-bond donors (Lipinski definition) is 0. The van der Waals surface area contributed by atoms with E-state index in [1.54, 1.807) is 23.9 Å². The maximum absolute atomic E-state index is 11.8. The molecule has 0 aliphatic carbocycles. The van der Waals surface area contributed by atoms with Gasteiger partial charge < -0.3 is 9.80 Å². The summed E-state index contributed by atoms with van der Waals surface area (Å²) >= 11 is 5.88. The Morgan fingerprint density at radius 1 is 1.31 bits per heavy atom. The molecule has 0 spiro atoms. The van der Waals surface area contributed by atoms with Crippen LogP contribution in [-0.4, -0.2) is 36.5 Å². The largest absolute Gasteiger partial charge is 0.328 e. The van der Waals surface area contributed by atoms with Gasteiger partial charge in [0, 0.05) is 32.2 Å². The molecule has 0 aliphatic heterocycles. The van der Waals surface area contributed by atoms with Crippen molar-refractivity contribution in [3.63, 3.8) is 0 Å². The summed E-state index contributed by atoms with van der Waals surface area (Å²) in [4.78, 5) is 15.1. The van der Waals surface area contributed by atoms with Crippen LogP contribution in [0.5, 0.6) is 0 Å². The normalized spacial score (nSPS) is 10.0. The van der Waals surface area contributed by atoms with Gasteiger partial charge in [0.2, 0.25) is 0 Å². The van der Waals surface area contributed by atoms with Gasteiger partial charge in [-0.15, -0.1) is 0 Å². The zero-order chi connectivity index (χ0) is 12.1. The number of halogens is 1. The van der Waals surface area contributed by atoms with Crippen molar-refractivity contribution >= 4 is 17.6 Å². The molecule has 0 radical (unpaired) electrons. The predicted molar refractivity (Wildman–Crippen MR) is 66.6 cm³/mol. The SMILES string of the molecule is CCN(C)C(=O)N(C)Cc1cccc(Cl)c1. The van der Waals surface area contributed by atoms with Crippen LogP contribution in [0.25, 0.3) is 0 Å². The number of carbonyl (C=O) groups excluding carboxylic acids is 1. The summed E-state index contributed by atoms with van der Waals surface area (Å²) in [6.45, 7) is 3.23. The summed E-state index contributed by atoms with van der Waals surface area (Å²) in [6.07, 6.45) is 0. The molecule has 1 aromatic rings. The molecule has 0 aromatic heterocycles. The lowest BCUT2D eigenvalue weighted by molar-refractivity contribution is 0.173. The summed E-state index contributed by atoms with van der Waals surface area (Å²) < 4.78 is 0. The molecule has 0 N–H and O–H groups in total. The summed E-state index contributed by atoms with van der Waals surface area (Å²) in [7, 11) is 3.58. The van der Waals surface area contributed by atoms with Crippen molar-refractivity contribution in [1.29, 1.82) is 0 Å². The molecule has 16 heavy (non-hydrogen) atoms. The van der Waals surface area contributed by atoms with Crippen molar-refractivity contribution in [3.8, 4) is 0 Å². The number of urea groups is 1. The molecule has 0 saturated heterocycles. The van der Waals surface area contributed by atoms with Gasteiger partial charge in [0.1, 0.15) is 0 Å². The van der Waals surface area contributed by atoms with E-state index in [2.05, 4.69) is 0 Å². The minimum atomic E-state index is 0.0162. The first kappa shape index (κ1) is 12.8. The Morgan fingerprint density at radius 3 is 2.56 bits per heavy atom. The molecule has 0 heterocycles. The van der Waals surface area contributed by atoms with E-state index in [0.29, 0.717) is 18.1 Å². The molecular weight excluding hydrogens is 224 g/mol. The molecule has 1 aromatic carbocycles. The second-order valence-electron chi connectivity index (χ2n) is 3.78. The number of nitrogens with zero attached hydrogens (tertiary/aromatic N) is 2. The number of benzene rings is 1. The molecule has 0 fully saturated rings. The van der Waals surface area contributed by atoms with Crippen LogP contribution in [-0.2, 0) is 6.54 Å². The Balaban J connectivity index is 2.64. The van der Waals surface area contributed by atoms with Crippen molar-refractivity contribution in [1.82, 2.24) is 9.80 Å². The average Bonchev–Trinajstić information content (AvgIpc) is 2.27. The molecule has 0 aliphatic rings. The second-order valence-corrected chi connectivity index (χ2v) is 4.22. The molecule has 4 heteroatoms. The van der Waals surface area contributed by atoms with Crippen LogP contribution in [0.1, 0.15) is 12.5 Å². The van der Waals surface area contributed by atoms with Crippen LogP contribution in [0.2, 0.25) is 5.02 Å². The first-order chi connectivity index (χ1) is 7.54. The Labute approximate surface area is 102 Å². The lowest BCUT2D eigenvalue weighted by atomic mass is 10.2. The molecule has 88 valence electrons. The number of carbonyl (C=O) groups is 1. The van der Waals surface area contributed by atoms with Gasteiger partial charge in [0.15, 0.2) is 0 Å². The summed E-state index contributed by atoms with van der Waals surface area (Å²) in [5.41, 5.74) is 1.04. The van der Waals surface area contributed by atoms with Gasteiger partial charge >= 0.3 is 6.03 Å². The second kappa shape index (κ2) is 5.75. The van der Waals surface area contributed by atoms with Gasteiger partial charge in [0.05, 0.1) is 0 Å². The topological polar surface area (TPSA) is 23.6 Å². The van der Waals surface area contributed by atoms with Crippen LogP contribution >= 0.6 is 11.6 Å². The zero-order valence-electron chi connectivity index (χ0n) is 9.90. The molecule has 0 bridgehead atoms. The van der Waals surface area contributed by atoms with Crippen LogP contribution < -0.4 is 0 Å². The van der Waals surface area contributed by atoms with E-state index >= 15 is 0 Å². The van der Waals surface area contributed by atoms with Crippen molar-refractivity contribution in [2.75, 3.05) is 20.6 Å². The van der Waals surface area contributed by atoms with Crippen molar-refractivity contribution in [2.45, 2.75) is 13.5 Å². The van der Waals surface area contributed by atoms with E-state index in [0.717, 1.165) is 5.56 Å². The van der Waals surface area contributed by atoms with Gasteiger partial charge in [0.25, 0.3) is 0 Å². The van der Waals surface area contributed by atoms with Crippen LogP contribution in [0, 0.1) is 0 Å². The lowest BCUT2D eigenvalue weighted by Gasteiger charge is -2.23. The average molecular weight is 241 g/mol. The highest BCUT2D eigenvalue weighted by Crippen LogP contribution is 2.12. The first-order valence-electron chi connectivity index (χ1n) is 5.25. The Hall–Kier alpha value is -1.22. The van der Waals surface area contributed by atoms with Gasteiger partial charge in [-0.3, -0.25) is 0 Å². The van der Waals surface area contributed by atoms with Crippen molar-refractivity contribution in [3.05, 3.63) is 34.9 Å². The van der Waals surface area contributed by atoms with Gasteiger partial charge in [-0.25, -0.2) is 4.79 Å². The fourth-order valence-corrected chi connectivity index (χ4v) is 1.62. The molecule has 1 rings (SSSR count). The van der Waals surface area contributed by atoms with Crippen LogP contribution in [0.3, 0.4) is 0 Å². The third-order valence-corrected chi connectivity index (χ3v) is 2.67. The Bertz CT molecular complexity index is 368. The van der Waals surface area contributed by atoms with Gasteiger partial charge in [-0.2, -0.15) is 0 Å². The van der Waals surface area contributed by atoms with Crippen molar-refractivity contribution in [2.24, 2.45) is 0 Å². The number of amides is 2. The van der Waals surface area contributed by atoms with E-state index in [-0.39, 0.29) is 6.03 Å². The molecule has 0 atom stereocenters. The van der Waals surface area contributed by atoms with E-state index in [9.17, 15) is 4.79 Å². The van der Waals surface area contributed by atoms with E-state index < -0.39 is 0 Å². The van der Waals surface area contributed by atoms with Crippen molar-refractivity contribution < 1.29 is 4.79 Å². The Morgan fingerprint density at radius 2 is 2.00 bits per heavy atom. The smallest absolute Gasteiger partial charge is 0.319 e. The van der Waals surface area contributed by atoms with E-state index in [4.69, 9.17) is 11.6 Å². The highest BCUT2D eigenvalue weighted by Gasteiger charge is 2.12. The lowest BCUT2D eigenvalue weighted by Crippen LogP contribution is -2.38. The maximum Gasteiger partial charge on any atom is 0.319 e. The van der Waals surface area contributed by atoms with Gasteiger partial charge in [-0.05, 0) is 24.6 Å². The van der Waals surface area contributed by atoms with E-state index in [1.165, 1.54) is 0 Å². The third-order valence-electron chi connectivity index (χ3n) is 2.44. The molecular formula is C12H17ClN2O. The standard InChI is InChI=1S/C12H17ClN2O/c1-4-14(2)12(16)15(3)9-10-6-5-7-11(13)8-10/h5-8H,4,9H2,1-3H3. The van der Waals surface area contributed by atoms with Gasteiger partial charge in [-0.1, -0.05) is 23.7 Å². The minimum absolute atomic E-state index is 0.0162. The fraction of sp³-hybridized carbons (Fsp3) is 0.417. The molecule has 3 nitrogen and oxygen atoms in total.